The topological polar surface area (TPSA) is 107 Å². The second kappa shape index (κ2) is 8.66. The molecule has 0 aromatic heterocycles. The van der Waals surface area contributed by atoms with Gasteiger partial charge in [0.15, 0.2) is 0 Å². The van der Waals surface area contributed by atoms with Crippen molar-refractivity contribution in [3.8, 4) is 0 Å². The van der Waals surface area contributed by atoms with Gasteiger partial charge in [0, 0.05) is 31.3 Å². The van der Waals surface area contributed by atoms with Crippen molar-refractivity contribution < 1.29 is 26.5 Å². The summed E-state index contributed by atoms with van der Waals surface area (Å²) in [5, 5.41) is 10.2. The molecule has 0 aliphatic heterocycles. The molecule has 0 radical (unpaired) electrons. The number of hydrogen-bond acceptors (Lipinski definition) is 5. The zero-order valence-electron chi connectivity index (χ0n) is 15.1. The summed E-state index contributed by atoms with van der Waals surface area (Å²) in [5.41, 5.74) is 4.70. The molecule has 2 aromatic carbocycles. The van der Waals surface area contributed by atoms with Crippen molar-refractivity contribution in [2.75, 3.05) is 13.1 Å². The molecule has 0 amide bonds. The highest BCUT2D eigenvalue weighted by molar-refractivity contribution is 7.89. The highest BCUT2D eigenvalue weighted by Gasteiger charge is 2.34. The average Bonchev–Trinajstić information content (AvgIpc) is 2.65. The molecule has 1 atom stereocenters. The van der Waals surface area contributed by atoms with Crippen LogP contribution in [0.15, 0.2) is 47.4 Å². The first-order chi connectivity index (χ1) is 13.4. The maximum atomic E-state index is 13.0. The molecule has 2 N–H and O–H groups in total. The molecule has 7 nitrogen and oxygen atoms in total. The summed E-state index contributed by atoms with van der Waals surface area (Å²) in [5.74, 6) is 0. The predicted molar refractivity (Wildman–Crippen MR) is 101 cm³/mol. The monoisotopic (exact) mass is 451 g/mol. The first-order valence-corrected chi connectivity index (χ1v) is 10.1. The van der Waals surface area contributed by atoms with Crippen LogP contribution < -0.4 is 5.73 Å². The number of hydrogen-bond donors (Lipinski definition) is 1. The Morgan fingerprint density at radius 3 is 2.28 bits per heavy atom. The second-order valence-corrected chi connectivity index (χ2v) is 8.40. The van der Waals surface area contributed by atoms with Gasteiger partial charge in [0.25, 0.3) is 5.69 Å². The summed E-state index contributed by atoms with van der Waals surface area (Å²) in [4.78, 5) is 9.86. The molecule has 158 valence electrons. The fourth-order valence-electron chi connectivity index (χ4n) is 2.60. The lowest BCUT2D eigenvalue weighted by Gasteiger charge is -2.24. The maximum Gasteiger partial charge on any atom is 0.417 e. The van der Waals surface area contributed by atoms with Crippen LogP contribution in [0.2, 0.25) is 5.02 Å². The molecular weight excluding hydrogens is 435 g/mol. The van der Waals surface area contributed by atoms with Gasteiger partial charge in [-0.2, -0.15) is 17.5 Å². The number of halogens is 4. The predicted octanol–water partition coefficient (Wildman–Crippen LogP) is 3.98. The van der Waals surface area contributed by atoms with Crippen molar-refractivity contribution in [3.63, 3.8) is 0 Å². The third kappa shape index (κ3) is 5.24. The molecule has 0 fully saturated rings. The van der Waals surface area contributed by atoms with Gasteiger partial charge < -0.3 is 5.73 Å². The van der Waals surface area contributed by atoms with Crippen LogP contribution in [0.5, 0.6) is 0 Å². The molecule has 2 aromatic rings. The molecule has 0 bridgehead atoms. The molecule has 0 unspecified atom stereocenters. The van der Waals surface area contributed by atoms with E-state index in [2.05, 4.69) is 0 Å². The van der Waals surface area contributed by atoms with Gasteiger partial charge >= 0.3 is 6.18 Å². The minimum absolute atomic E-state index is 0.00720. The molecule has 2 rings (SSSR count). The van der Waals surface area contributed by atoms with E-state index in [1.165, 1.54) is 6.07 Å². The van der Waals surface area contributed by atoms with Gasteiger partial charge in [0.2, 0.25) is 10.0 Å². The van der Waals surface area contributed by atoms with Crippen molar-refractivity contribution in [2.24, 2.45) is 5.73 Å². The van der Waals surface area contributed by atoms with E-state index < -0.39 is 37.8 Å². The Morgan fingerprint density at radius 1 is 1.21 bits per heavy atom. The molecule has 0 spiro atoms. The fraction of sp³-hybridized carbons (Fsp3) is 0.294. The minimum atomic E-state index is -4.68. The molecule has 0 heterocycles. The fourth-order valence-corrected chi connectivity index (χ4v) is 4.30. The lowest BCUT2D eigenvalue weighted by molar-refractivity contribution is -0.384. The number of benzene rings is 2. The third-order valence-corrected chi connectivity index (χ3v) is 6.45. The summed E-state index contributed by atoms with van der Waals surface area (Å²) in [6.07, 6.45) is -4.68. The number of alkyl halides is 3. The largest absolute Gasteiger partial charge is 0.417 e. The van der Waals surface area contributed by atoms with E-state index in [0.29, 0.717) is 0 Å². The zero-order chi connectivity index (χ0) is 22.0. The van der Waals surface area contributed by atoms with Gasteiger partial charge in [-0.25, -0.2) is 8.42 Å². The second-order valence-electron chi connectivity index (χ2n) is 6.05. The highest BCUT2D eigenvalue weighted by atomic mass is 35.5. The first kappa shape index (κ1) is 23.1. The van der Waals surface area contributed by atoms with Gasteiger partial charge in [-0.3, -0.25) is 10.1 Å². The Kier molecular flexibility index (Phi) is 6.89. The van der Waals surface area contributed by atoms with E-state index >= 15 is 0 Å². The molecule has 0 saturated carbocycles. The Morgan fingerprint density at radius 2 is 1.79 bits per heavy atom. The van der Waals surface area contributed by atoms with Gasteiger partial charge in [-0.1, -0.05) is 24.6 Å². The van der Waals surface area contributed by atoms with E-state index in [-0.39, 0.29) is 29.2 Å². The maximum absolute atomic E-state index is 13.0. The Bertz CT molecular complexity index is 998. The minimum Gasteiger partial charge on any atom is -0.323 e. The zero-order valence-corrected chi connectivity index (χ0v) is 16.6. The number of nitrogens with two attached hydrogens (primary N) is 1. The number of nitrogens with zero attached hydrogens (tertiary/aromatic N) is 2. The van der Waals surface area contributed by atoms with Crippen molar-refractivity contribution >= 4 is 27.3 Å². The molecular formula is C17H17ClF3N3O4S. The third-order valence-electron chi connectivity index (χ3n) is 4.16. The van der Waals surface area contributed by atoms with Gasteiger partial charge in [0.05, 0.1) is 20.4 Å². The van der Waals surface area contributed by atoms with Gasteiger partial charge in [0.1, 0.15) is 0 Å². The van der Waals surface area contributed by atoms with E-state index in [4.69, 9.17) is 17.3 Å². The quantitative estimate of drug-likeness (QED) is 0.506. The van der Waals surface area contributed by atoms with Crippen LogP contribution in [0.1, 0.15) is 24.1 Å². The van der Waals surface area contributed by atoms with Crippen LogP contribution in [-0.2, 0) is 16.2 Å². The molecule has 0 aliphatic carbocycles. The normalized spacial score (nSPS) is 13.5. The van der Waals surface area contributed by atoms with E-state index in [1.54, 1.807) is 6.92 Å². The van der Waals surface area contributed by atoms with Crippen LogP contribution in [0.4, 0.5) is 18.9 Å². The smallest absolute Gasteiger partial charge is 0.323 e. The van der Waals surface area contributed by atoms with Crippen molar-refractivity contribution in [3.05, 3.63) is 68.7 Å². The van der Waals surface area contributed by atoms with Gasteiger partial charge in [-0.05, 0) is 29.8 Å². The number of sulfonamides is 1. The molecule has 0 saturated heterocycles. The highest BCUT2D eigenvalue weighted by Crippen LogP contribution is 2.36. The lowest BCUT2D eigenvalue weighted by Crippen LogP contribution is -2.37. The first-order valence-electron chi connectivity index (χ1n) is 8.24. The molecule has 12 heteroatoms. The Balaban J connectivity index is 2.29. The number of likely N-dealkylation sites (N-methyl/N-ethyl adjacent to an activating group) is 1. The Labute approximate surface area is 170 Å². The summed E-state index contributed by atoms with van der Waals surface area (Å²) in [7, 11) is -4.06. The SMILES string of the molecule is CCN(C[C@@H](N)c1ccc(Cl)c(C(F)(F)F)c1)S(=O)(=O)c1ccc([N+](=O)[O-])cc1. The van der Waals surface area contributed by atoms with Crippen molar-refractivity contribution in [1.29, 1.82) is 0 Å². The number of nitro benzene ring substituents is 1. The van der Waals surface area contributed by atoms with Crippen LogP contribution in [-0.4, -0.2) is 30.7 Å². The van der Waals surface area contributed by atoms with Crippen LogP contribution in [0.3, 0.4) is 0 Å². The van der Waals surface area contributed by atoms with Crippen LogP contribution in [0, 0.1) is 10.1 Å². The number of rotatable bonds is 7. The number of non-ortho nitro benzene ring substituents is 1. The van der Waals surface area contributed by atoms with Crippen LogP contribution >= 0.6 is 11.6 Å². The average molecular weight is 452 g/mol. The van der Waals surface area contributed by atoms with Crippen molar-refractivity contribution in [1.82, 2.24) is 4.31 Å². The van der Waals surface area contributed by atoms with E-state index in [9.17, 15) is 31.7 Å². The molecule has 29 heavy (non-hydrogen) atoms. The molecule has 0 aliphatic rings. The van der Waals surface area contributed by atoms with Gasteiger partial charge in [-0.15, -0.1) is 0 Å². The van der Waals surface area contributed by atoms with Crippen LogP contribution in [0.25, 0.3) is 0 Å². The van der Waals surface area contributed by atoms with Crippen molar-refractivity contribution in [2.45, 2.75) is 24.0 Å². The standard InChI is InChI=1S/C17H17ClF3N3O4S/c1-2-23(29(27,28)13-6-4-12(5-7-13)24(25)26)10-16(22)11-3-8-15(18)14(9-11)17(19,20)21/h3-9,16H,2,10,22H2,1H3/t16-/m1/s1. The lowest BCUT2D eigenvalue weighted by atomic mass is 10.0. The number of nitro groups is 1. The summed E-state index contributed by atoms with van der Waals surface area (Å²) < 4.78 is 65.7. The van der Waals surface area contributed by atoms with E-state index in [1.807, 2.05) is 0 Å². The summed E-state index contributed by atoms with van der Waals surface area (Å²) >= 11 is 5.59. The Hall–Kier alpha value is -2.21. The van der Waals surface area contributed by atoms with E-state index in [0.717, 1.165) is 40.7 Å². The summed E-state index contributed by atoms with van der Waals surface area (Å²) in [6, 6.07) is 6.37. The summed E-state index contributed by atoms with van der Waals surface area (Å²) in [6.45, 7) is 1.24.